The van der Waals surface area contributed by atoms with Crippen LogP contribution in [0.3, 0.4) is 0 Å². The molecule has 0 heteroatoms. The van der Waals surface area contributed by atoms with Crippen molar-refractivity contribution in [3.63, 3.8) is 0 Å². The predicted octanol–water partition coefficient (Wildman–Crippen LogP) is 5.58. The second kappa shape index (κ2) is 5.37. The molecule has 0 saturated heterocycles. The Morgan fingerprint density at radius 2 is 1.95 bits per heavy atom. The number of aryl methyl sites for hydroxylation is 1. The Kier molecular flexibility index (Phi) is 3.55. The Balaban J connectivity index is 1.92. The summed E-state index contributed by atoms with van der Waals surface area (Å²) in [6.07, 6.45) is 8.55. The number of benzene rings is 1. The zero-order valence-corrected chi connectivity index (χ0v) is 12.8. The molecule has 1 aromatic rings. The molecule has 0 aliphatic heterocycles. The molecule has 0 unspecified atom stereocenters. The van der Waals surface area contributed by atoms with Gasteiger partial charge < -0.3 is 0 Å². The van der Waals surface area contributed by atoms with Gasteiger partial charge in [-0.3, -0.25) is 0 Å². The molecule has 1 aromatic carbocycles. The minimum Gasteiger partial charge on any atom is -0.0992 e. The van der Waals surface area contributed by atoms with E-state index in [1.165, 1.54) is 39.0 Å². The zero-order chi connectivity index (χ0) is 15.0. The van der Waals surface area contributed by atoms with Crippen LogP contribution in [0.2, 0.25) is 0 Å². The molecule has 2 aliphatic carbocycles. The Bertz CT molecular complexity index is 708. The van der Waals surface area contributed by atoms with E-state index < -0.39 is 0 Å². The van der Waals surface area contributed by atoms with E-state index in [0.29, 0.717) is 0 Å². The molecule has 106 valence electrons. The van der Waals surface area contributed by atoms with Crippen LogP contribution in [0.15, 0.2) is 72.4 Å². The Hall–Kier alpha value is -2.08. The van der Waals surface area contributed by atoms with E-state index in [1.807, 2.05) is 0 Å². The van der Waals surface area contributed by atoms with Crippen LogP contribution in [0.1, 0.15) is 36.5 Å². The Morgan fingerprint density at radius 3 is 2.62 bits per heavy atom. The van der Waals surface area contributed by atoms with Gasteiger partial charge in [-0.2, -0.15) is 0 Å². The molecule has 0 heterocycles. The highest BCUT2D eigenvalue weighted by Crippen LogP contribution is 2.37. The van der Waals surface area contributed by atoms with Gasteiger partial charge in [-0.1, -0.05) is 62.6 Å². The van der Waals surface area contributed by atoms with Gasteiger partial charge in [-0.15, -0.1) is 0 Å². The van der Waals surface area contributed by atoms with Crippen LogP contribution in [-0.2, 0) is 12.8 Å². The van der Waals surface area contributed by atoms with E-state index >= 15 is 0 Å². The fourth-order valence-corrected chi connectivity index (χ4v) is 3.19. The molecule has 0 bridgehead atoms. The maximum absolute atomic E-state index is 4.31. The van der Waals surface area contributed by atoms with E-state index in [9.17, 15) is 0 Å². The highest BCUT2D eigenvalue weighted by Gasteiger charge is 2.18. The number of allylic oxidation sites excluding steroid dienone is 7. The molecule has 0 atom stereocenters. The third kappa shape index (κ3) is 2.58. The number of hydrogen-bond acceptors (Lipinski definition) is 0. The summed E-state index contributed by atoms with van der Waals surface area (Å²) in [5, 5.41) is 0. The van der Waals surface area contributed by atoms with Gasteiger partial charge in [0.1, 0.15) is 0 Å². The highest BCUT2D eigenvalue weighted by molar-refractivity contribution is 5.84. The van der Waals surface area contributed by atoms with Crippen molar-refractivity contribution in [3.05, 3.63) is 89.1 Å². The van der Waals surface area contributed by atoms with Gasteiger partial charge in [-0.25, -0.2) is 0 Å². The van der Waals surface area contributed by atoms with Crippen LogP contribution >= 0.6 is 0 Å². The summed E-state index contributed by atoms with van der Waals surface area (Å²) in [4.78, 5) is 0. The third-order valence-corrected chi connectivity index (χ3v) is 4.48. The van der Waals surface area contributed by atoms with Crippen LogP contribution in [0.25, 0.3) is 5.57 Å². The first-order valence-electron chi connectivity index (χ1n) is 7.65. The Labute approximate surface area is 127 Å². The van der Waals surface area contributed by atoms with Crippen molar-refractivity contribution in [2.75, 3.05) is 0 Å². The number of hydrogen-bond donors (Lipinski definition) is 0. The van der Waals surface area contributed by atoms with Crippen molar-refractivity contribution in [2.24, 2.45) is 0 Å². The molecule has 0 aromatic heterocycles. The summed E-state index contributed by atoms with van der Waals surface area (Å²) in [6, 6.07) is 6.76. The first kappa shape index (κ1) is 13.9. The summed E-state index contributed by atoms with van der Waals surface area (Å²) in [7, 11) is 0. The van der Waals surface area contributed by atoms with Crippen molar-refractivity contribution in [3.8, 4) is 0 Å². The van der Waals surface area contributed by atoms with Crippen molar-refractivity contribution in [1.82, 2.24) is 0 Å². The van der Waals surface area contributed by atoms with Gasteiger partial charge in [0.05, 0.1) is 0 Å². The Morgan fingerprint density at radius 1 is 1.14 bits per heavy atom. The van der Waals surface area contributed by atoms with E-state index in [1.54, 1.807) is 0 Å². The summed E-state index contributed by atoms with van der Waals surface area (Å²) >= 11 is 0. The SMILES string of the molecule is C=C1CC(=C)/C(=C/C2=CCc3cc(CC)ccc3C2=C)C1. The highest BCUT2D eigenvalue weighted by atomic mass is 14.2. The maximum Gasteiger partial charge on any atom is -0.00636 e. The summed E-state index contributed by atoms with van der Waals surface area (Å²) in [6.45, 7) is 14.7. The van der Waals surface area contributed by atoms with Crippen molar-refractivity contribution in [1.29, 1.82) is 0 Å². The molecule has 0 radical (unpaired) electrons. The van der Waals surface area contributed by atoms with Crippen molar-refractivity contribution >= 4 is 5.57 Å². The number of fused-ring (bicyclic) bond motifs is 1. The van der Waals surface area contributed by atoms with E-state index in [4.69, 9.17) is 0 Å². The average Bonchev–Trinajstić information content (AvgIpc) is 2.79. The average molecular weight is 274 g/mol. The molecule has 21 heavy (non-hydrogen) atoms. The van der Waals surface area contributed by atoms with Crippen LogP contribution in [-0.4, -0.2) is 0 Å². The normalized spacial score (nSPS) is 20.0. The summed E-state index contributed by atoms with van der Waals surface area (Å²) in [5.74, 6) is 0. The van der Waals surface area contributed by atoms with Crippen LogP contribution in [0.5, 0.6) is 0 Å². The third-order valence-electron chi connectivity index (χ3n) is 4.48. The molecule has 0 spiro atoms. The molecular formula is C21H22. The molecule has 0 nitrogen and oxygen atoms in total. The predicted molar refractivity (Wildman–Crippen MR) is 92.2 cm³/mol. The molecule has 1 fully saturated rings. The first-order valence-corrected chi connectivity index (χ1v) is 7.65. The summed E-state index contributed by atoms with van der Waals surface area (Å²) in [5.41, 5.74) is 10.3. The molecular weight excluding hydrogens is 252 g/mol. The van der Waals surface area contributed by atoms with Gasteiger partial charge in [-0.05, 0) is 64.7 Å². The lowest BCUT2D eigenvalue weighted by atomic mass is 9.85. The van der Waals surface area contributed by atoms with E-state index in [2.05, 4.69) is 57.0 Å². The second-order valence-electron chi connectivity index (χ2n) is 6.06. The monoisotopic (exact) mass is 274 g/mol. The van der Waals surface area contributed by atoms with Gasteiger partial charge in [0.15, 0.2) is 0 Å². The molecule has 1 saturated carbocycles. The largest absolute Gasteiger partial charge is 0.0992 e. The van der Waals surface area contributed by atoms with E-state index in [-0.39, 0.29) is 0 Å². The lowest BCUT2D eigenvalue weighted by molar-refractivity contribution is 1.11. The lowest BCUT2D eigenvalue weighted by Crippen LogP contribution is -2.02. The topological polar surface area (TPSA) is 0 Å². The van der Waals surface area contributed by atoms with Crippen molar-refractivity contribution in [2.45, 2.75) is 32.6 Å². The zero-order valence-electron chi connectivity index (χ0n) is 12.8. The van der Waals surface area contributed by atoms with Gasteiger partial charge >= 0.3 is 0 Å². The lowest BCUT2D eigenvalue weighted by Gasteiger charge is -2.19. The minimum atomic E-state index is 0.946. The maximum atomic E-state index is 4.31. The fourth-order valence-electron chi connectivity index (χ4n) is 3.19. The van der Waals surface area contributed by atoms with Crippen LogP contribution in [0.4, 0.5) is 0 Å². The van der Waals surface area contributed by atoms with Crippen LogP contribution in [0, 0.1) is 0 Å². The molecule has 2 aliphatic rings. The smallest absolute Gasteiger partial charge is 0.00636 e. The summed E-state index contributed by atoms with van der Waals surface area (Å²) < 4.78 is 0. The quantitative estimate of drug-likeness (QED) is 0.618. The molecule has 0 amide bonds. The van der Waals surface area contributed by atoms with Gasteiger partial charge in [0.2, 0.25) is 0 Å². The van der Waals surface area contributed by atoms with Crippen LogP contribution < -0.4 is 0 Å². The van der Waals surface area contributed by atoms with E-state index in [0.717, 1.165) is 31.3 Å². The molecule has 0 N–H and O–H groups in total. The fraction of sp³-hybridized carbons (Fsp3) is 0.238. The standard InChI is InChI=1S/C21H22/c1-5-17-6-9-21-16(4)18(7-8-19(21)12-17)13-20-11-14(2)10-15(20)3/h6-7,9,12-13H,2-5,8,10-11H2,1H3/b20-13+. The van der Waals surface area contributed by atoms with Gasteiger partial charge in [0, 0.05) is 0 Å². The second-order valence-corrected chi connectivity index (χ2v) is 6.06. The van der Waals surface area contributed by atoms with Crippen molar-refractivity contribution < 1.29 is 0 Å². The number of rotatable bonds is 2. The first-order chi connectivity index (χ1) is 10.1. The molecule has 3 rings (SSSR count). The minimum absolute atomic E-state index is 0.946. The van der Waals surface area contributed by atoms with Gasteiger partial charge in [0.25, 0.3) is 0 Å².